The highest BCUT2D eigenvalue weighted by Crippen LogP contribution is 2.25. The predicted octanol–water partition coefficient (Wildman–Crippen LogP) is 18.4. The lowest BCUT2D eigenvalue weighted by Crippen LogP contribution is -2.41. The van der Waals surface area contributed by atoms with Crippen LogP contribution >= 0.6 is 0 Å². The Morgan fingerprint density at radius 2 is 0.712 bits per heavy atom. The number of ether oxygens (including phenoxy) is 1. The molecule has 0 aliphatic heterocycles. The van der Waals surface area contributed by atoms with E-state index in [0.717, 1.165) is 103 Å². The highest BCUT2D eigenvalue weighted by Gasteiger charge is 2.23. The molecule has 0 aliphatic carbocycles. The molecule has 0 spiro atoms. The maximum Gasteiger partial charge on any atom is 0.308 e. The molecule has 0 aromatic carbocycles. The van der Waals surface area contributed by atoms with Crippen LogP contribution in [0, 0.1) is 11.8 Å². The Hall–Kier alpha value is -1.43. The molecule has 0 fully saturated rings. The summed E-state index contributed by atoms with van der Waals surface area (Å²) >= 11 is 0. The van der Waals surface area contributed by atoms with Gasteiger partial charge in [-0.3, -0.25) is 14.4 Å². The fraction of sp³-hybridized carbons (Fsp3) is 0.950. The summed E-state index contributed by atoms with van der Waals surface area (Å²) in [5.74, 6) is 1.41. The SMILES string of the molecule is CCCCCCCCC(=O)N(CCCN(C)C)C(CCCCCCCCCC(=O)C(CCCCCC)CCCCCC)CCCCCCCCOC(=O)C(CCCCCC)CCCCCC. The first-order valence-electron chi connectivity index (χ1n) is 29.9. The average molecular weight is 932 g/mol. The number of rotatable bonds is 53. The molecule has 0 aromatic heterocycles. The van der Waals surface area contributed by atoms with Gasteiger partial charge in [0.2, 0.25) is 5.91 Å². The maximum atomic E-state index is 14.0. The average Bonchev–Trinajstić information content (AvgIpc) is 3.31. The monoisotopic (exact) mass is 931 g/mol. The van der Waals surface area contributed by atoms with Crippen molar-refractivity contribution in [3.63, 3.8) is 0 Å². The molecule has 66 heavy (non-hydrogen) atoms. The van der Waals surface area contributed by atoms with Gasteiger partial charge in [-0.2, -0.15) is 0 Å². The van der Waals surface area contributed by atoms with Crippen LogP contribution in [0.4, 0.5) is 0 Å². The first-order valence-corrected chi connectivity index (χ1v) is 29.9. The number of hydrogen-bond acceptors (Lipinski definition) is 5. The Bertz CT molecular complexity index is 966. The second-order valence-corrected chi connectivity index (χ2v) is 21.3. The zero-order chi connectivity index (χ0) is 48.6. The van der Waals surface area contributed by atoms with Gasteiger partial charge in [-0.25, -0.2) is 0 Å². The van der Waals surface area contributed by atoms with Crippen molar-refractivity contribution in [2.45, 2.75) is 323 Å². The minimum absolute atomic E-state index is 0.0587. The second kappa shape index (κ2) is 50.0. The van der Waals surface area contributed by atoms with E-state index in [1.807, 2.05) is 0 Å². The van der Waals surface area contributed by atoms with Crippen LogP contribution in [0.1, 0.15) is 317 Å². The smallest absolute Gasteiger partial charge is 0.308 e. The molecular formula is C60H118N2O4. The quantitative estimate of drug-likeness (QED) is 0.0449. The van der Waals surface area contributed by atoms with Gasteiger partial charge < -0.3 is 14.5 Å². The van der Waals surface area contributed by atoms with E-state index >= 15 is 0 Å². The van der Waals surface area contributed by atoms with Crippen molar-refractivity contribution >= 4 is 17.7 Å². The van der Waals surface area contributed by atoms with Crippen molar-refractivity contribution < 1.29 is 19.1 Å². The zero-order valence-electron chi connectivity index (χ0n) is 46.0. The van der Waals surface area contributed by atoms with Gasteiger partial charge in [0, 0.05) is 31.3 Å². The summed E-state index contributed by atoms with van der Waals surface area (Å²) in [6, 6.07) is 0.346. The van der Waals surface area contributed by atoms with E-state index in [9.17, 15) is 14.4 Å². The van der Waals surface area contributed by atoms with E-state index in [2.05, 4.69) is 58.5 Å². The van der Waals surface area contributed by atoms with Gasteiger partial charge in [0.15, 0.2) is 0 Å². The van der Waals surface area contributed by atoms with Crippen LogP contribution < -0.4 is 0 Å². The fourth-order valence-electron chi connectivity index (χ4n) is 10.1. The van der Waals surface area contributed by atoms with E-state index in [4.69, 9.17) is 4.74 Å². The number of carbonyl (C=O) groups excluding carboxylic acids is 3. The van der Waals surface area contributed by atoms with Crippen molar-refractivity contribution in [3.8, 4) is 0 Å². The predicted molar refractivity (Wildman–Crippen MR) is 289 cm³/mol. The number of hydrogen-bond donors (Lipinski definition) is 0. The third kappa shape index (κ3) is 40.5. The van der Waals surface area contributed by atoms with Gasteiger partial charge >= 0.3 is 5.97 Å². The molecular weight excluding hydrogens is 813 g/mol. The molecule has 0 saturated heterocycles. The van der Waals surface area contributed by atoms with Crippen molar-refractivity contribution in [1.82, 2.24) is 9.80 Å². The normalized spacial score (nSPS) is 12.2. The van der Waals surface area contributed by atoms with Gasteiger partial charge in [-0.1, -0.05) is 240 Å². The molecule has 1 unspecified atom stereocenters. The highest BCUT2D eigenvalue weighted by atomic mass is 16.5. The number of nitrogens with zero attached hydrogens (tertiary/aromatic N) is 2. The van der Waals surface area contributed by atoms with E-state index in [0.29, 0.717) is 36.7 Å². The van der Waals surface area contributed by atoms with E-state index in [1.54, 1.807) is 0 Å². The van der Waals surface area contributed by atoms with Gasteiger partial charge in [-0.15, -0.1) is 0 Å². The van der Waals surface area contributed by atoms with Crippen LogP contribution in [-0.4, -0.2) is 67.3 Å². The molecule has 392 valence electrons. The fourth-order valence-corrected chi connectivity index (χ4v) is 10.1. The number of Topliss-reactive ketones (excluding diaryl/α,β-unsaturated/α-hetero) is 1. The number of carbonyl (C=O) groups is 3. The second-order valence-electron chi connectivity index (χ2n) is 21.3. The lowest BCUT2D eigenvalue weighted by molar-refractivity contribution is -0.149. The molecule has 0 aromatic rings. The third-order valence-corrected chi connectivity index (χ3v) is 14.6. The number of unbranched alkanes of at least 4 members (excludes halogenated alkanes) is 28. The molecule has 0 bridgehead atoms. The summed E-state index contributed by atoms with van der Waals surface area (Å²) in [4.78, 5) is 44.9. The number of esters is 1. The summed E-state index contributed by atoms with van der Waals surface area (Å²) in [7, 11) is 4.29. The van der Waals surface area contributed by atoms with Crippen LogP contribution in [0.15, 0.2) is 0 Å². The van der Waals surface area contributed by atoms with Crippen molar-refractivity contribution in [3.05, 3.63) is 0 Å². The zero-order valence-corrected chi connectivity index (χ0v) is 46.0. The molecule has 6 heteroatoms. The molecule has 0 saturated carbocycles. The molecule has 6 nitrogen and oxygen atoms in total. The number of amides is 1. The van der Waals surface area contributed by atoms with E-state index in [-0.39, 0.29) is 11.9 Å². The van der Waals surface area contributed by atoms with Crippen LogP contribution in [0.5, 0.6) is 0 Å². The van der Waals surface area contributed by atoms with Crippen LogP contribution in [0.25, 0.3) is 0 Å². The summed E-state index contributed by atoms with van der Waals surface area (Å²) in [6.07, 6.45) is 51.5. The third-order valence-electron chi connectivity index (χ3n) is 14.6. The standard InChI is InChI=1S/C60H118N2O4/c1-8-13-18-23-32-41-51-59(64)62(53-43-52-61(6)7)57(48-38-29-25-24-26-31-40-50-58(63)55(44-34-19-14-9-2)45-35-20-15-10-3)49-39-30-27-28-33-42-54-66-60(65)56(46-36-21-16-11-4)47-37-22-17-12-5/h55-57H,8-54H2,1-7H3. The van der Waals surface area contributed by atoms with Gasteiger partial charge in [0.05, 0.1) is 12.5 Å². The number of ketones is 1. The summed E-state index contributed by atoms with van der Waals surface area (Å²) < 4.78 is 5.86. The maximum absolute atomic E-state index is 14.0. The highest BCUT2D eigenvalue weighted by molar-refractivity contribution is 5.80. The van der Waals surface area contributed by atoms with E-state index < -0.39 is 0 Å². The molecule has 0 aliphatic rings. The van der Waals surface area contributed by atoms with Crippen molar-refractivity contribution in [1.29, 1.82) is 0 Å². The summed E-state index contributed by atoms with van der Waals surface area (Å²) in [5, 5.41) is 0. The van der Waals surface area contributed by atoms with Crippen molar-refractivity contribution in [2.75, 3.05) is 33.8 Å². The minimum atomic E-state index is 0.0587. The molecule has 1 atom stereocenters. The topological polar surface area (TPSA) is 66.9 Å². The van der Waals surface area contributed by atoms with Gasteiger partial charge in [0.1, 0.15) is 5.78 Å². The molecule has 0 radical (unpaired) electrons. The summed E-state index contributed by atoms with van der Waals surface area (Å²) in [5.41, 5.74) is 0. The molecule has 0 heterocycles. The largest absolute Gasteiger partial charge is 0.465 e. The van der Waals surface area contributed by atoms with Gasteiger partial charge in [-0.05, 0) is 84.8 Å². The van der Waals surface area contributed by atoms with E-state index in [1.165, 1.54) is 186 Å². The minimum Gasteiger partial charge on any atom is -0.465 e. The molecule has 0 rings (SSSR count). The van der Waals surface area contributed by atoms with Crippen LogP contribution in [0.3, 0.4) is 0 Å². The van der Waals surface area contributed by atoms with Gasteiger partial charge in [0.25, 0.3) is 0 Å². The molecule has 1 amide bonds. The lowest BCUT2D eigenvalue weighted by Gasteiger charge is -2.33. The Morgan fingerprint density at radius 3 is 1.15 bits per heavy atom. The summed E-state index contributed by atoms with van der Waals surface area (Å²) in [6.45, 7) is 13.8. The first kappa shape index (κ1) is 64.6. The van der Waals surface area contributed by atoms with Crippen LogP contribution in [0.2, 0.25) is 0 Å². The Labute approximate surface area is 413 Å². The Balaban J connectivity index is 5.07. The Morgan fingerprint density at radius 1 is 0.364 bits per heavy atom. The molecule has 0 N–H and O–H groups in total. The Kier molecular flexibility index (Phi) is 48.9. The van der Waals surface area contributed by atoms with Crippen LogP contribution in [-0.2, 0) is 19.1 Å². The van der Waals surface area contributed by atoms with Crippen molar-refractivity contribution in [2.24, 2.45) is 11.8 Å². The first-order chi connectivity index (χ1) is 32.2. The lowest BCUT2D eigenvalue weighted by atomic mass is 9.88.